The molecule has 1 atom stereocenters. The number of nitrogens with zero attached hydrogens (tertiary/aromatic N) is 1. The number of methoxy groups -OCH3 is 1. The maximum Gasteiger partial charge on any atom is 0.426 e. The molecular formula is C28H41FN2O5S. The number of ether oxygens (including phenoxy) is 3. The van der Waals surface area contributed by atoms with E-state index in [0.717, 1.165) is 29.1 Å². The van der Waals surface area contributed by atoms with Crippen LogP contribution < -0.4 is 5.43 Å². The van der Waals surface area contributed by atoms with E-state index in [1.54, 1.807) is 32.9 Å². The molecule has 7 nitrogen and oxygen atoms in total. The molecule has 0 radical (unpaired) electrons. The van der Waals surface area contributed by atoms with Crippen molar-refractivity contribution in [2.24, 2.45) is 0 Å². The predicted molar refractivity (Wildman–Crippen MR) is 148 cm³/mol. The Balaban J connectivity index is 0.000000411. The summed E-state index contributed by atoms with van der Waals surface area (Å²) in [5.74, 6) is 1.66. The van der Waals surface area contributed by atoms with Crippen molar-refractivity contribution < 1.29 is 28.2 Å². The monoisotopic (exact) mass is 536 g/mol. The first-order chi connectivity index (χ1) is 17.4. The number of halogens is 1. The molecule has 37 heavy (non-hydrogen) atoms. The molecule has 1 aliphatic rings. The van der Waals surface area contributed by atoms with E-state index in [2.05, 4.69) is 18.1 Å². The summed E-state index contributed by atoms with van der Waals surface area (Å²) in [4.78, 5) is 23.1. The van der Waals surface area contributed by atoms with Crippen molar-refractivity contribution in [2.45, 2.75) is 66.1 Å². The highest BCUT2D eigenvalue weighted by Crippen LogP contribution is 2.27. The normalized spacial score (nSPS) is 14.0. The van der Waals surface area contributed by atoms with Crippen molar-refractivity contribution >= 4 is 29.4 Å². The van der Waals surface area contributed by atoms with Gasteiger partial charge in [-0.15, -0.1) is 0 Å². The van der Waals surface area contributed by atoms with Gasteiger partial charge in [0.25, 0.3) is 0 Å². The second kappa shape index (κ2) is 16.0. The number of hydrogen-bond acceptors (Lipinski definition) is 7. The minimum absolute atomic E-state index is 0.0804. The number of benzene rings is 1. The van der Waals surface area contributed by atoms with Crippen LogP contribution in [0.2, 0.25) is 0 Å². The quantitative estimate of drug-likeness (QED) is 0.169. The molecule has 0 aliphatic carbocycles. The van der Waals surface area contributed by atoms with E-state index < -0.39 is 17.8 Å². The first-order valence-corrected chi connectivity index (χ1v) is 13.4. The lowest BCUT2D eigenvalue weighted by Crippen LogP contribution is -2.47. The standard InChI is InChI=1S/C16H28N2O5.C12H13FS/c1-8-14(22-13(3)19)11-18(12(2)9-10-21-7)17-15(20)23-16(4,5)6;1-9-2-3-11(12(13)8-9)10-4-6-14-7-5-10/h9-10,14H,2,8,11H2,1,3-7H3,(H,17,20);2-4,8H,5-7H2,1H3/b10-9-;. The number of rotatable bonds is 9. The Hall–Kier alpha value is -2.94. The van der Waals surface area contributed by atoms with E-state index in [1.807, 2.05) is 37.7 Å². The van der Waals surface area contributed by atoms with Crippen molar-refractivity contribution in [1.82, 2.24) is 10.4 Å². The zero-order valence-electron chi connectivity index (χ0n) is 23.1. The van der Waals surface area contributed by atoms with Crippen LogP contribution in [0.3, 0.4) is 0 Å². The second-order valence-electron chi connectivity index (χ2n) is 9.43. The Morgan fingerprint density at radius 1 is 1.32 bits per heavy atom. The first kappa shape index (κ1) is 32.1. The van der Waals surface area contributed by atoms with Gasteiger partial charge in [-0.25, -0.2) is 14.6 Å². The van der Waals surface area contributed by atoms with Crippen LogP contribution in [0.15, 0.2) is 48.9 Å². The van der Waals surface area contributed by atoms with Crippen LogP contribution in [0.5, 0.6) is 0 Å². The van der Waals surface area contributed by atoms with Crippen molar-refractivity contribution in [3.8, 4) is 0 Å². The fourth-order valence-electron chi connectivity index (χ4n) is 3.22. The number of allylic oxidation sites excluding steroid dienone is 2. The van der Waals surface area contributed by atoms with Gasteiger partial charge in [-0.2, -0.15) is 11.8 Å². The summed E-state index contributed by atoms with van der Waals surface area (Å²) in [5, 5.41) is 1.46. The molecule has 1 heterocycles. The maximum absolute atomic E-state index is 13.6. The van der Waals surface area contributed by atoms with Crippen molar-refractivity contribution in [3.05, 3.63) is 65.8 Å². The van der Waals surface area contributed by atoms with Gasteiger partial charge in [0.2, 0.25) is 0 Å². The van der Waals surface area contributed by atoms with E-state index in [9.17, 15) is 14.0 Å². The molecule has 206 valence electrons. The predicted octanol–water partition coefficient (Wildman–Crippen LogP) is 6.40. The maximum atomic E-state index is 13.6. The zero-order chi connectivity index (χ0) is 28.0. The van der Waals surface area contributed by atoms with Crippen molar-refractivity contribution in [1.29, 1.82) is 0 Å². The van der Waals surface area contributed by atoms with Crippen LogP contribution in [-0.2, 0) is 19.0 Å². The van der Waals surface area contributed by atoms with Gasteiger partial charge in [0.05, 0.1) is 25.6 Å². The lowest BCUT2D eigenvalue weighted by atomic mass is 10.0. The molecule has 0 spiro atoms. The summed E-state index contributed by atoms with van der Waals surface area (Å²) in [6.45, 7) is 14.5. The summed E-state index contributed by atoms with van der Waals surface area (Å²) >= 11 is 1.90. The SMILES string of the molecule is C=C(/C=C\OC)N(CC(CC)OC(C)=O)NC(=O)OC(C)(C)C.Cc1ccc(C2=CCSCC2)c(F)c1. The van der Waals surface area contributed by atoms with Crippen LogP contribution in [0, 0.1) is 12.7 Å². The Morgan fingerprint density at radius 3 is 2.54 bits per heavy atom. The van der Waals surface area contributed by atoms with E-state index in [-0.39, 0.29) is 18.3 Å². The number of hydrazine groups is 1. The van der Waals surface area contributed by atoms with Crippen molar-refractivity contribution in [2.75, 3.05) is 25.2 Å². The topological polar surface area (TPSA) is 77.1 Å². The van der Waals surface area contributed by atoms with Gasteiger partial charge in [-0.05, 0) is 69.6 Å². The number of esters is 1. The van der Waals surface area contributed by atoms with E-state index >= 15 is 0 Å². The summed E-state index contributed by atoms with van der Waals surface area (Å²) < 4.78 is 28.9. The fraction of sp³-hybridized carbons (Fsp3) is 0.500. The summed E-state index contributed by atoms with van der Waals surface area (Å²) in [6.07, 6.45) is 5.72. The van der Waals surface area contributed by atoms with Gasteiger partial charge < -0.3 is 14.2 Å². The highest BCUT2D eigenvalue weighted by molar-refractivity contribution is 7.99. The summed E-state index contributed by atoms with van der Waals surface area (Å²) in [7, 11) is 1.50. The van der Waals surface area contributed by atoms with Gasteiger partial charge in [0.15, 0.2) is 0 Å². The summed E-state index contributed by atoms with van der Waals surface area (Å²) in [5.41, 5.74) is 5.37. The Morgan fingerprint density at radius 2 is 2.03 bits per heavy atom. The Kier molecular flexibility index (Phi) is 13.9. The fourth-order valence-corrected chi connectivity index (χ4v) is 4.07. The lowest BCUT2D eigenvalue weighted by Gasteiger charge is -2.30. The van der Waals surface area contributed by atoms with Crippen LogP contribution in [0.25, 0.3) is 5.57 Å². The number of thioether (sulfide) groups is 1. The number of amides is 1. The lowest BCUT2D eigenvalue weighted by molar-refractivity contribution is -0.147. The zero-order valence-corrected chi connectivity index (χ0v) is 23.9. The number of hydrogen-bond donors (Lipinski definition) is 1. The minimum Gasteiger partial charge on any atom is -0.504 e. The number of aryl methyl sites for hydroxylation is 1. The number of carbonyl (C=O) groups excluding carboxylic acids is 2. The van der Waals surface area contributed by atoms with E-state index in [1.165, 1.54) is 30.9 Å². The van der Waals surface area contributed by atoms with Crippen LogP contribution in [0.1, 0.15) is 58.6 Å². The molecule has 1 aromatic carbocycles. The average molecular weight is 537 g/mol. The van der Waals surface area contributed by atoms with Gasteiger partial charge in [0, 0.05) is 18.2 Å². The largest absolute Gasteiger partial charge is 0.504 e. The third kappa shape index (κ3) is 13.3. The van der Waals surface area contributed by atoms with Crippen LogP contribution in [0.4, 0.5) is 9.18 Å². The highest BCUT2D eigenvalue weighted by Gasteiger charge is 2.21. The summed E-state index contributed by atoms with van der Waals surface area (Å²) in [6, 6.07) is 5.48. The molecule has 0 aromatic heterocycles. The molecule has 1 aromatic rings. The number of nitrogens with one attached hydrogen (secondary N) is 1. The van der Waals surface area contributed by atoms with Crippen LogP contribution >= 0.6 is 11.8 Å². The Bertz CT molecular complexity index is 972. The number of carbonyl (C=O) groups is 2. The van der Waals surface area contributed by atoms with Crippen molar-refractivity contribution in [3.63, 3.8) is 0 Å². The molecule has 2 rings (SSSR count). The molecule has 1 unspecified atom stereocenters. The smallest absolute Gasteiger partial charge is 0.426 e. The third-order valence-electron chi connectivity index (χ3n) is 4.98. The second-order valence-corrected chi connectivity index (χ2v) is 10.6. The third-order valence-corrected chi connectivity index (χ3v) is 5.87. The van der Waals surface area contributed by atoms with Gasteiger partial charge in [-0.3, -0.25) is 9.80 Å². The minimum atomic E-state index is -0.625. The van der Waals surface area contributed by atoms with Gasteiger partial charge in [-0.1, -0.05) is 31.7 Å². The van der Waals surface area contributed by atoms with Gasteiger partial charge in [0.1, 0.15) is 17.5 Å². The molecule has 9 heteroatoms. The molecule has 1 aliphatic heterocycles. The molecule has 0 saturated carbocycles. The van der Waals surface area contributed by atoms with E-state index in [0.29, 0.717) is 12.1 Å². The van der Waals surface area contributed by atoms with E-state index in [4.69, 9.17) is 14.2 Å². The molecule has 1 amide bonds. The highest BCUT2D eigenvalue weighted by atomic mass is 32.2. The van der Waals surface area contributed by atoms with Crippen LogP contribution in [-0.4, -0.2) is 53.9 Å². The Labute approximate surface area is 225 Å². The average Bonchev–Trinajstić information content (AvgIpc) is 2.81. The molecule has 0 bridgehead atoms. The van der Waals surface area contributed by atoms with Gasteiger partial charge >= 0.3 is 12.1 Å². The molecule has 1 N–H and O–H groups in total. The first-order valence-electron chi connectivity index (χ1n) is 12.2. The molecule has 0 saturated heterocycles. The molecule has 0 fully saturated rings. The molecular weight excluding hydrogens is 495 g/mol.